The van der Waals surface area contributed by atoms with Gasteiger partial charge in [0, 0.05) is 0 Å². The number of aromatic carboxylic acids is 1. The first kappa shape index (κ1) is 13.4. The van der Waals surface area contributed by atoms with E-state index in [-0.39, 0.29) is 11.1 Å². The molecular formula is C16H10O4. The van der Waals surface area contributed by atoms with Gasteiger partial charge in [-0.3, -0.25) is 0 Å². The fourth-order valence-electron chi connectivity index (χ4n) is 1.82. The van der Waals surface area contributed by atoms with Crippen LogP contribution in [0.1, 0.15) is 20.7 Å². The predicted molar refractivity (Wildman–Crippen MR) is 73.1 cm³/mol. The molecule has 0 bridgehead atoms. The number of carboxylic acids is 1. The van der Waals surface area contributed by atoms with Gasteiger partial charge < -0.3 is 9.84 Å². The van der Waals surface area contributed by atoms with Crippen LogP contribution in [-0.2, 0) is 4.74 Å². The van der Waals surface area contributed by atoms with Crippen molar-refractivity contribution in [2.24, 2.45) is 0 Å². The van der Waals surface area contributed by atoms with Crippen LogP contribution in [-0.4, -0.2) is 17.0 Å². The zero-order chi connectivity index (χ0) is 14.5. The van der Waals surface area contributed by atoms with E-state index in [1.807, 2.05) is 30.3 Å². The summed E-state index contributed by atoms with van der Waals surface area (Å²) < 4.78 is 4.39. The molecule has 0 spiro atoms. The van der Waals surface area contributed by atoms with Crippen LogP contribution < -0.4 is 0 Å². The molecule has 0 atom stereocenters. The Kier molecular flexibility index (Phi) is 3.82. The summed E-state index contributed by atoms with van der Waals surface area (Å²) in [4.78, 5) is 22.8. The van der Waals surface area contributed by atoms with Crippen LogP contribution in [0.3, 0.4) is 0 Å². The Morgan fingerprint density at radius 2 is 1.70 bits per heavy atom. The SMILES string of the molecule is C#COC(=O)c1ccc(-c2ccccc2)cc1C(=O)O. The molecule has 1 N–H and O–H groups in total. The van der Waals surface area contributed by atoms with E-state index in [9.17, 15) is 14.7 Å². The smallest absolute Gasteiger partial charge is 0.352 e. The van der Waals surface area contributed by atoms with Gasteiger partial charge in [0.25, 0.3) is 0 Å². The van der Waals surface area contributed by atoms with Crippen molar-refractivity contribution in [1.82, 2.24) is 0 Å². The molecule has 0 aliphatic heterocycles. The number of terminal acetylenes is 1. The molecule has 4 heteroatoms. The molecule has 0 fully saturated rings. The van der Waals surface area contributed by atoms with Crippen molar-refractivity contribution in [2.45, 2.75) is 0 Å². The van der Waals surface area contributed by atoms with E-state index in [1.165, 1.54) is 12.1 Å². The van der Waals surface area contributed by atoms with E-state index in [2.05, 4.69) is 4.74 Å². The van der Waals surface area contributed by atoms with Crippen molar-refractivity contribution in [2.75, 3.05) is 0 Å². The van der Waals surface area contributed by atoms with E-state index < -0.39 is 11.9 Å². The molecule has 0 aromatic heterocycles. The number of ether oxygens (including phenoxy) is 1. The fraction of sp³-hybridized carbons (Fsp3) is 0. The Balaban J connectivity index is 2.52. The molecule has 98 valence electrons. The topological polar surface area (TPSA) is 63.6 Å². The normalized spacial score (nSPS) is 9.55. The third-order valence-electron chi connectivity index (χ3n) is 2.73. The molecular weight excluding hydrogens is 256 g/mol. The number of hydrogen-bond donors (Lipinski definition) is 1. The van der Waals surface area contributed by atoms with E-state index in [0.29, 0.717) is 5.56 Å². The lowest BCUT2D eigenvalue weighted by atomic mass is 9.99. The van der Waals surface area contributed by atoms with Crippen molar-refractivity contribution in [1.29, 1.82) is 0 Å². The maximum absolute atomic E-state index is 11.6. The lowest BCUT2D eigenvalue weighted by Crippen LogP contribution is -2.10. The first-order valence-corrected chi connectivity index (χ1v) is 5.73. The maximum atomic E-state index is 11.6. The summed E-state index contributed by atoms with van der Waals surface area (Å²) in [7, 11) is 0. The Bertz CT molecular complexity index is 696. The van der Waals surface area contributed by atoms with Gasteiger partial charge in [-0.15, -0.1) is 0 Å². The minimum atomic E-state index is -1.22. The third-order valence-corrected chi connectivity index (χ3v) is 2.73. The van der Waals surface area contributed by atoms with Crippen LogP contribution in [0, 0.1) is 12.5 Å². The molecule has 0 unspecified atom stereocenters. The first-order valence-electron chi connectivity index (χ1n) is 5.73. The van der Waals surface area contributed by atoms with Crippen molar-refractivity contribution < 1.29 is 19.4 Å². The zero-order valence-electron chi connectivity index (χ0n) is 10.4. The first-order chi connectivity index (χ1) is 9.63. The summed E-state index contributed by atoms with van der Waals surface area (Å²) in [5, 5.41) is 9.19. The van der Waals surface area contributed by atoms with Crippen LogP contribution in [0.25, 0.3) is 11.1 Å². The lowest BCUT2D eigenvalue weighted by molar-refractivity contribution is 0.0649. The maximum Gasteiger partial charge on any atom is 0.352 e. The van der Waals surface area contributed by atoms with Gasteiger partial charge in [-0.25, -0.2) is 9.59 Å². The Morgan fingerprint density at radius 3 is 2.30 bits per heavy atom. The Labute approximate surface area is 115 Å². The van der Waals surface area contributed by atoms with Gasteiger partial charge in [0.15, 0.2) is 0 Å². The monoisotopic (exact) mass is 266 g/mol. The lowest BCUT2D eigenvalue weighted by Gasteiger charge is -2.07. The molecule has 0 aliphatic rings. The van der Waals surface area contributed by atoms with Crippen LogP contribution in [0.15, 0.2) is 48.5 Å². The van der Waals surface area contributed by atoms with Crippen LogP contribution in [0.5, 0.6) is 0 Å². The molecule has 0 radical (unpaired) electrons. The van der Waals surface area contributed by atoms with Gasteiger partial charge in [-0.1, -0.05) is 42.8 Å². The third kappa shape index (κ3) is 2.68. The number of carbonyl (C=O) groups excluding carboxylic acids is 1. The second kappa shape index (κ2) is 5.72. The summed E-state index contributed by atoms with van der Waals surface area (Å²) in [6, 6.07) is 13.7. The number of rotatable bonds is 3. The van der Waals surface area contributed by atoms with E-state index in [1.54, 1.807) is 12.2 Å². The summed E-state index contributed by atoms with van der Waals surface area (Å²) in [5.41, 5.74) is 1.33. The molecule has 2 rings (SSSR count). The van der Waals surface area contributed by atoms with Crippen LogP contribution in [0.2, 0.25) is 0 Å². The summed E-state index contributed by atoms with van der Waals surface area (Å²) in [6.07, 6.45) is 6.61. The number of carbonyl (C=O) groups is 2. The van der Waals surface area contributed by atoms with Crippen molar-refractivity contribution in [3.8, 4) is 23.7 Å². The standard InChI is InChI=1S/C16H10O4/c1-2-20-16(19)13-9-8-12(10-14(13)15(17)18)11-6-4-3-5-7-11/h1,3-10H,(H,17,18). The minimum absolute atomic E-state index is 0.0740. The second-order valence-electron chi connectivity index (χ2n) is 3.94. The number of benzene rings is 2. The fourth-order valence-corrected chi connectivity index (χ4v) is 1.82. The summed E-state index contributed by atoms with van der Waals surface area (Å²) >= 11 is 0. The minimum Gasteiger partial charge on any atom is -0.478 e. The molecule has 0 heterocycles. The summed E-state index contributed by atoms with van der Waals surface area (Å²) in [5.74, 6) is -2.07. The molecule has 0 aliphatic carbocycles. The Hall–Kier alpha value is -3.06. The molecule has 2 aromatic rings. The second-order valence-corrected chi connectivity index (χ2v) is 3.94. The van der Waals surface area contributed by atoms with Gasteiger partial charge in [-0.05, 0) is 23.3 Å². The average molecular weight is 266 g/mol. The van der Waals surface area contributed by atoms with Gasteiger partial charge in [0.2, 0.25) is 0 Å². The zero-order valence-corrected chi connectivity index (χ0v) is 10.4. The average Bonchev–Trinajstić information content (AvgIpc) is 2.47. The number of carboxylic acid groups (broad SMARTS) is 1. The quantitative estimate of drug-likeness (QED) is 0.685. The highest BCUT2D eigenvalue weighted by Crippen LogP contribution is 2.23. The van der Waals surface area contributed by atoms with Gasteiger partial charge >= 0.3 is 11.9 Å². The van der Waals surface area contributed by atoms with Gasteiger partial charge in [-0.2, -0.15) is 0 Å². The molecule has 20 heavy (non-hydrogen) atoms. The summed E-state index contributed by atoms with van der Waals surface area (Å²) in [6.45, 7) is 0. The molecule has 0 saturated carbocycles. The predicted octanol–water partition coefficient (Wildman–Crippen LogP) is 2.80. The highest BCUT2D eigenvalue weighted by Gasteiger charge is 2.18. The van der Waals surface area contributed by atoms with Crippen molar-refractivity contribution >= 4 is 11.9 Å². The molecule has 4 nitrogen and oxygen atoms in total. The van der Waals surface area contributed by atoms with E-state index in [4.69, 9.17) is 6.42 Å². The van der Waals surface area contributed by atoms with E-state index >= 15 is 0 Å². The number of esters is 1. The molecule has 2 aromatic carbocycles. The van der Waals surface area contributed by atoms with Crippen molar-refractivity contribution in [3.63, 3.8) is 0 Å². The largest absolute Gasteiger partial charge is 0.478 e. The van der Waals surface area contributed by atoms with Gasteiger partial charge in [0.05, 0.1) is 11.1 Å². The van der Waals surface area contributed by atoms with E-state index in [0.717, 1.165) is 5.56 Å². The molecule has 0 saturated heterocycles. The number of hydrogen-bond acceptors (Lipinski definition) is 3. The van der Waals surface area contributed by atoms with Crippen molar-refractivity contribution in [3.05, 3.63) is 59.7 Å². The van der Waals surface area contributed by atoms with Gasteiger partial charge in [0.1, 0.15) is 6.11 Å². The van der Waals surface area contributed by atoms with Crippen LogP contribution in [0.4, 0.5) is 0 Å². The highest BCUT2D eigenvalue weighted by molar-refractivity contribution is 6.03. The van der Waals surface area contributed by atoms with Crippen LogP contribution >= 0.6 is 0 Å². The Morgan fingerprint density at radius 1 is 1.00 bits per heavy atom. The molecule has 0 amide bonds. The highest BCUT2D eigenvalue weighted by atomic mass is 16.5.